The van der Waals surface area contributed by atoms with E-state index >= 15 is 0 Å². The number of ether oxygens (including phenoxy) is 1. The molecule has 2 rings (SSSR count). The van der Waals surface area contributed by atoms with Gasteiger partial charge in [-0.1, -0.05) is 0 Å². The fourth-order valence-corrected chi connectivity index (χ4v) is 2.05. The molecule has 2 aromatic carbocycles. The summed E-state index contributed by atoms with van der Waals surface area (Å²) >= 11 is 3.44. The van der Waals surface area contributed by atoms with E-state index in [0.717, 1.165) is 15.9 Å². The van der Waals surface area contributed by atoms with Gasteiger partial charge in [0.05, 0.1) is 12.8 Å². The molecule has 0 amide bonds. The van der Waals surface area contributed by atoms with Crippen molar-refractivity contribution in [2.45, 2.75) is 6.54 Å². The number of rotatable bonds is 4. The first-order valence-corrected chi connectivity index (χ1v) is 6.47. The van der Waals surface area contributed by atoms with Crippen molar-refractivity contribution in [3.8, 4) is 17.2 Å². The van der Waals surface area contributed by atoms with Crippen molar-refractivity contribution < 1.29 is 14.9 Å². The Labute approximate surface area is 119 Å². The predicted octanol–water partition coefficient (Wildman–Crippen LogP) is 3.48. The summed E-state index contributed by atoms with van der Waals surface area (Å²) in [6.45, 7) is 0.442. The van der Waals surface area contributed by atoms with E-state index in [1.807, 2.05) is 18.2 Å². The van der Waals surface area contributed by atoms with Gasteiger partial charge in [-0.2, -0.15) is 0 Å². The second-order valence-corrected chi connectivity index (χ2v) is 4.87. The van der Waals surface area contributed by atoms with Crippen LogP contribution in [0.15, 0.2) is 40.9 Å². The number of aromatic hydroxyl groups is 2. The van der Waals surface area contributed by atoms with Gasteiger partial charge >= 0.3 is 0 Å². The largest absolute Gasteiger partial charge is 0.508 e. The first-order chi connectivity index (χ1) is 9.10. The van der Waals surface area contributed by atoms with Gasteiger partial charge in [0.1, 0.15) is 17.2 Å². The third-order valence-electron chi connectivity index (χ3n) is 2.71. The Balaban J connectivity index is 2.14. The SMILES string of the molecule is COc1ccc(Br)c(NCc2ccc(O)cc2O)c1. The highest BCUT2D eigenvalue weighted by atomic mass is 79.9. The number of anilines is 1. The van der Waals surface area contributed by atoms with Crippen molar-refractivity contribution in [2.24, 2.45) is 0 Å². The van der Waals surface area contributed by atoms with Gasteiger partial charge < -0.3 is 20.3 Å². The lowest BCUT2D eigenvalue weighted by molar-refractivity contribution is 0.415. The van der Waals surface area contributed by atoms with Crippen LogP contribution in [0.5, 0.6) is 17.2 Å². The molecule has 2 aromatic rings. The zero-order valence-electron chi connectivity index (χ0n) is 10.4. The van der Waals surface area contributed by atoms with Gasteiger partial charge in [-0.15, -0.1) is 0 Å². The maximum absolute atomic E-state index is 9.70. The summed E-state index contributed by atoms with van der Waals surface area (Å²) in [7, 11) is 1.61. The quantitative estimate of drug-likeness (QED) is 0.806. The van der Waals surface area contributed by atoms with E-state index in [0.29, 0.717) is 12.1 Å². The Morgan fingerprint density at radius 2 is 1.95 bits per heavy atom. The van der Waals surface area contributed by atoms with E-state index in [4.69, 9.17) is 4.74 Å². The molecule has 19 heavy (non-hydrogen) atoms. The van der Waals surface area contributed by atoms with Crippen LogP contribution in [0.25, 0.3) is 0 Å². The van der Waals surface area contributed by atoms with Crippen molar-refractivity contribution in [3.63, 3.8) is 0 Å². The Bertz CT molecular complexity index is 587. The normalized spacial score (nSPS) is 10.2. The number of halogens is 1. The van der Waals surface area contributed by atoms with Crippen LogP contribution in [0.3, 0.4) is 0 Å². The Morgan fingerprint density at radius 3 is 2.63 bits per heavy atom. The molecule has 5 heteroatoms. The van der Waals surface area contributed by atoms with Crippen molar-refractivity contribution >= 4 is 21.6 Å². The molecule has 0 aliphatic rings. The fraction of sp³-hybridized carbons (Fsp3) is 0.143. The standard InChI is InChI=1S/C14H14BrNO3/c1-19-11-4-5-12(15)13(7-11)16-8-9-2-3-10(17)6-14(9)18/h2-7,16-18H,8H2,1H3. The van der Waals surface area contributed by atoms with Gasteiger partial charge in [-0.05, 0) is 40.2 Å². The minimum atomic E-state index is 0.0452. The minimum absolute atomic E-state index is 0.0452. The highest BCUT2D eigenvalue weighted by Crippen LogP contribution is 2.29. The first kappa shape index (κ1) is 13.5. The summed E-state index contributed by atoms with van der Waals surface area (Å²) in [6, 6.07) is 10.1. The molecular weight excluding hydrogens is 310 g/mol. The molecule has 0 heterocycles. The molecular formula is C14H14BrNO3. The summed E-state index contributed by atoms with van der Waals surface area (Å²) in [6.07, 6.45) is 0. The lowest BCUT2D eigenvalue weighted by atomic mass is 10.2. The number of phenolic OH excluding ortho intramolecular Hbond substituents is 2. The van der Waals surface area contributed by atoms with Crippen LogP contribution in [0, 0.1) is 0 Å². The molecule has 0 unspecified atom stereocenters. The number of benzene rings is 2. The van der Waals surface area contributed by atoms with Crippen molar-refractivity contribution in [1.29, 1.82) is 0 Å². The Kier molecular flexibility index (Phi) is 4.16. The zero-order valence-corrected chi connectivity index (χ0v) is 11.9. The molecule has 3 N–H and O–H groups in total. The number of phenols is 2. The van der Waals surface area contributed by atoms with Gasteiger partial charge in [-0.25, -0.2) is 0 Å². The highest BCUT2D eigenvalue weighted by molar-refractivity contribution is 9.10. The van der Waals surface area contributed by atoms with Crippen LogP contribution in [0.2, 0.25) is 0 Å². The number of methoxy groups -OCH3 is 1. The average Bonchev–Trinajstić information content (AvgIpc) is 2.39. The molecule has 4 nitrogen and oxygen atoms in total. The predicted molar refractivity (Wildman–Crippen MR) is 77.8 cm³/mol. The molecule has 0 aliphatic heterocycles. The lowest BCUT2D eigenvalue weighted by Gasteiger charge is -2.11. The Morgan fingerprint density at radius 1 is 1.16 bits per heavy atom. The van der Waals surface area contributed by atoms with Crippen LogP contribution in [0.4, 0.5) is 5.69 Å². The van der Waals surface area contributed by atoms with E-state index < -0.39 is 0 Å². The summed E-state index contributed by atoms with van der Waals surface area (Å²) in [5, 5.41) is 22.1. The number of hydrogen-bond acceptors (Lipinski definition) is 4. The van der Waals surface area contributed by atoms with Crippen molar-refractivity contribution in [1.82, 2.24) is 0 Å². The molecule has 0 bridgehead atoms. The monoisotopic (exact) mass is 323 g/mol. The van der Waals surface area contributed by atoms with Gasteiger partial charge in [0, 0.05) is 28.7 Å². The van der Waals surface area contributed by atoms with E-state index in [1.54, 1.807) is 13.2 Å². The molecule has 0 aliphatic carbocycles. The summed E-state index contributed by atoms with van der Waals surface area (Å²) in [5.74, 6) is 0.857. The third kappa shape index (κ3) is 3.32. The molecule has 0 atom stereocenters. The molecule has 0 radical (unpaired) electrons. The first-order valence-electron chi connectivity index (χ1n) is 5.68. The third-order valence-corrected chi connectivity index (χ3v) is 3.40. The minimum Gasteiger partial charge on any atom is -0.508 e. The summed E-state index contributed by atoms with van der Waals surface area (Å²) < 4.78 is 6.07. The molecule has 0 saturated carbocycles. The number of hydrogen-bond donors (Lipinski definition) is 3. The molecule has 0 fully saturated rings. The average molecular weight is 324 g/mol. The summed E-state index contributed by atoms with van der Waals surface area (Å²) in [5.41, 5.74) is 1.57. The molecule has 0 spiro atoms. The molecule has 0 saturated heterocycles. The van der Waals surface area contributed by atoms with Gasteiger partial charge in [0.25, 0.3) is 0 Å². The number of nitrogens with one attached hydrogen (secondary N) is 1. The smallest absolute Gasteiger partial charge is 0.124 e. The molecule has 100 valence electrons. The van der Waals surface area contributed by atoms with Crippen LogP contribution >= 0.6 is 15.9 Å². The van der Waals surface area contributed by atoms with Crippen LogP contribution in [-0.4, -0.2) is 17.3 Å². The van der Waals surface area contributed by atoms with Gasteiger partial charge in [-0.3, -0.25) is 0 Å². The maximum atomic E-state index is 9.70. The molecule has 0 aromatic heterocycles. The van der Waals surface area contributed by atoms with Gasteiger partial charge in [0.15, 0.2) is 0 Å². The van der Waals surface area contributed by atoms with Crippen LogP contribution < -0.4 is 10.1 Å². The van der Waals surface area contributed by atoms with E-state index in [9.17, 15) is 10.2 Å². The van der Waals surface area contributed by atoms with E-state index in [-0.39, 0.29) is 11.5 Å². The topological polar surface area (TPSA) is 61.7 Å². The van der Waals surface area contributed by atoms with E-state index in [1.165, 1.54) is 12.1 Å². The second-order valence-electron chi connectivity index (χ2n) is 4.01. The Hall–Kier alpha value is -1.88. The van der Waals surface area contributed by atoms with Crippen molar-refractivity contribution in [3.05, 3.63) is 46.4 Å². The second kappa shape index (κ2) is 5.84. The lowest BCUT2D eigenvalue weighted by Crippen LogP contribution is -2.00. The highest BCUT2D eigenvalue weighted by Gasteiger charge is 2.05. The van der Waals surface area contributed by atoms with Crippen LogP contribution in [-0.2, 0) is 6.54 Å². The van der Waals surface area contributed by atoms with Crippen LogP contribution in [0.1, 0.15) is 5.56 Å². The fourth-order valence-electron chi connectivity index (χ4n) is 1.66. The van der Waals surface area contributed by atoms with Crippen molar-refractivity contribution in [2.75, 3.05) is 12.4 Å². The maximum Gasteiger partial charge on any atom is 0.124 e. The zero-order chi connectivity index (χ0) is 13.8. The van der Waals surface area contributed by atoms with Gasteiger partial charge in [0.2, 0.25) is 0 Å². The van der Waals surface area contributed by atoms with E-state index in [2.05, 4.69) is 21.2 Å². The summed E-state index contributed by atoms with van der Waals surface area (Å²) in [4.78, 5) is 0.